The number of esters is 2. The smallest absolute Gasteiger partial charge is 0.337 e. The number of hydrogen-bond acceptors (Lipinski definition) is 6. The molecule has 0 saturated heterocycles. The predicted molar refractivity (Wildman–Crippen MR) is 107 cm³/mol. The molecule has 0 spiro atoms. The summed E-state index contributed by atoms with van der Waals surface area (Å²) in [4.78, 5) is 35.8. The first kappa shape index (κ1) is 21.8. The van der Waals surface area contributed by atoms with Gasteiger partial charge in [-0.1, -0.05) is 35.9 Å². The summed E-state index contributed by atoms with van der Waals surface area (Å²) in [5.74, 6) is -0.757. The van der Waals surface area contributed by atoms with Crippen LogP contribution in [0, 0.1) is 0 Å². The zero-order chi connectivity index (χ0) is 20.4. The molecule has 2 aromatic carbocycles. The Bertz CT molecular complexity index is 826. The van der Waals surface area contributed by atoms with E-state index in [4.69, 9.17) is 16.3 Å². The van der Waals surface area contributed by atoms with Crippen molar-refractivity contribution >= 4 is 41.2 Å². The van der Waals surface area contributed by atoms with Crippen molar-refractivity contribution in [2.45, 2.75) is 17.9 Å². The molecule has 2 rings (SSSR count). The van der Waals surface area contributed by atoms with Crippen LogP contribution in [-0.4, -0.2) is 37.3 Å². The largest absolute Gasteiger partial charge is 0.465 e. The summed E-state index contributed by atoms with van der Waals surface area (Å²) in [6, 6.07) is 14.0. The highest BCUT2D eigenvalue weighted by atomic mass is 35.5. The van der Waals surface area contributed by atoms with E-state index in [9.17, 15) is 14.4 Å². The standard InChI is InChI=1S/C20H20ClNO5S/c1-26-20(25)15-8-6-14(7-9-15)12-22-18(23)13-27-19(24)10-11-28-17-5-3-2-4-16(17)21/h2-9H,10-13H2,1H3,(H,22,23). The molecule has 0 unspecified atom stereocenters. The lowest BCUT2D eigenvalue weighted by Gasteiger charge is -2.08. The second-order valence-corrected chi connectivity index (χ2v) is 7.20. The van der Waals surface area contributed by atoms with Crippen molar-refractivity contribution < 1.29 is 23.9 Å². The van der Waals surface area contributed by atoms with Crippen molar-refractivity contribution in [2.75, 3.05) is 19.5 Å². The number of halogens is 1. The molecule has 0 fully saturated rings. The van der Waals surface area contributed by atoms with Gasteiger partial charge in [0.2, 0.25) is 0 Å². The fourth-order valence-electron chi connectivity index (χ4n) is 2.15. The molecule has 0 aliphatic carbocycles. The monoisotopic (exact) mass is 421 g/mol. The first-order valence-electron chi connectivity index (χ1n) is 8.46. The average molecular weight is 422 g/mol. The fraction of sp³-hybridized carbons (Fsp3) is 0.250. The van der Waals surface area contributed by atoms with Gasteiger partial charge in [0.05, 0.1) is 24.1 Å². The number of benzene rings is 2. The molecular weight excluding hydrogens is 402 g/mol. The van der Waals surface area contributed by atoms with E-state index < -0.39 is 17.8 Å². The molecule has 2 aromatic rings. The van der Waals surface area contributed by atoms with E-state index in [1.165, 1.54) is 18.9 Å². The number of amides is 1. The second kappa shape index (κ2) is 11.4. The Hall–Kier alpha value is -2.51. The van der Waals surface area contributed by atoms with Crippen LogP contribution >= 0.6 is 23.4 Å². The summed E-state index contributed by atoms with van der Waals surface area (Å²) in [7, 11) is 1.31. The molecule has 1 N–H and O–H groups in total. The normalized spacial score (nSPS) is 10.2. The Morgan fingerprint density at radius 3 is 2.46 bits per heavy atom. The molecule has 6 nitrogen and oxygen atoms in total. The van der Waals surface area contributed by atoms with Crippen molar-refractivity contribution in [3.63, 3.8) is 0 Å². The van der Waals surface area contributed by atoms with Crippen LogP contribution in [0.4, 0.5) is 0 Å². The number of rotatable bonds is 9. The minimum absolute atomic E-state index is 0.179. The SMILES string of the molecule is COC(=O)c1ccc(CNC(=O)COC(=O)CCSc2ccccc2Cl)cc1. The van der Waals surface area contributed by atoms with Crippen molar-refractivity contribution in [1.29, 1.82) is 0 Å². The van der Waals surface area contributed by atoms with Gasteiger partial charge >= 0.3 is 11.9 Å². The summed E-state index contributed by atoms with van der Waals surface area (Å²) in [6.45, 7) is -0.0734. The molecule has 0 aliphatic rings. The van der Waals surface area contributed by atoms with E-state index >= 15 is 0 Å². The highest BCUT2D eigenvalue weighted by molar-refractivity contribution is 7.99. The Balaban J connectivity index is 1.64. The van der Waals surface area contributed by atoms with Crippen LogP contribution < -0.4 is 5.32 Å². The van der Waals surface area contributed by atoms with Gasteiger partial charge in [-0.15, -0.1) is 11.8 Å². The van der Waals surface area contributed by atoms with Crippen LogP contribution in [0.1, 0.15) is 22.3 Å². The Labute approximate surface area is 172 Å². The summed E-state index contributed by atoms with van der Waals surface area (Å²) in [5.41, 5.74) is 1.24. The molecule has 148 valence electrons. The summed E-state index contributed by atoms with van der Waals surface area (Å²) >= 11 is 7.50. The average Bonchev–Trinajstić information content (AvgIpc) is 2.72. The molecule has 0 aliphatic heterocycles. The van der Waals surface area contributed by atoms with Crippen LogP contribution in [0.5, 0.6) is 0 Å². The van der Waals surface area contributed by atoms with Crippen molar-refractivity contribution in [3.05, 3.63) is 64.7 Å². The zero-order valence-corrected chi connectivity index (χ0v) is 16.8. The molecule has 8 heteroatoms. The van der Waals surface area contributed by atoms with Gasteiger partial charge in [0.15, 0.2) is 6.61 Å². The van der Waals surface area contributed by atoms with Crippen molar-refractivity contribution in [3.8, 4) is 0 Å². The Kier molecular flexibility index (Phi) is 8.84. The number of ether oxygens (including phenoxy) is 2. The Morgan fingerprint density at radius 1 is 1.07 bits per heavy atom. The topological polar surface area (TPSA) is 81.7 Å². The van der Waals surface area contributed by atoms with Crippen LogP contribution in [0.25, 0.3) is 0 Å². The first-order chi connectivity index (χ1) is 13.5. The first-order valence-corrected chi connectivity index (χ1v) is 9.83. The maximum Gasteiger partial charge on any atom is 0.337 e. The van der Waals surface area contributed by atoms with Gasteiger partial charge in [-0.25, -0.2) is 4.79 Å². The van der Waals surface area contributed by atoms with Crippen molar-refractivity contribution in [1.82, 2.24) is 5.32 Å². The minimum Gasteiger partial charge on any atom is -0.465 e. The number of hydrogen-bond donors (Lipinski definition) is 1. The molecule has 0 bridgehead atoms. The fourth-order valence-corrected chi connectivity index (χ4v) is 3.32. The lowest BCUT2D eigenvalue weighted by Crippen LogP contribution is -2.28. The van der Waals surface area contributed by atoms with Gasteiger partial charge in [-0.2, -0.15) is 0 Å². The van der Waals surface area contributed by atoms with Gasteiger partial charge in [-0.3, -0.25) is 9.59 Å². The van der Waals surface area contributed by atoms with E-state index in [2.05, 4.69) is 10.1 Å². The third kappa shape index (κ3) is 7.25. The molecule has 0 radical (unpaired) electrons. The molecule has 0 saturated carbocycles. The van der Waals surface area contributed by atoms with Crippen LogP contribution in [0.2, 0.25) is 5.02 Å². The van der Waals surface area contributed by atoms with E-state index in [1.54, 1.807) is 30.3 Å². The van der Waals surface area contributed by atoms with E-state index in [0.29, 0.717) is 16.3 Å². The molecule has 0 heterocycles. The van der Waals surface area contributed by atoms with Gasteiger partial charge in [0.1, 0.15) is 0 Å². The number of carbonyl (C=O) groups is 3. The lowest BCUT2D eigenvalue weighted by molar-refractivity contribution is -0.148. The maximum absolute atomic E-state index is 11.8. The second-order valence-electron chi connectivity index (χ2n) is 5.65. The highest BCUT2D eigenvalue weighted by Gasteiger charge is 2.09. The molecule has 1 amide bonds. The van der Waals surface area contributed by atoms with Gasteiger partial charge in [0.25, 0.3) is 5.91 Å². The van der Waals surface area contributed by atoms with E-state index in [1.807, 2.05) is 18.2 Å². The van der Waals surface area contributed by atoms with Crippen LogP contribution in [-0.2, 0) is 25.6 Å². The number of methoxy groups -OCH3 is 1. The molecule has 28 heavy (non-hydrogen) atoms. The summed E-state index contributed by atoms with van der Waals surface area (Å²) in [6.07, 6.45) is 0.179. The number of nitrogens with one attached hydrogen (secondary N) is 1. The zero-order valence-electron chi connectivity index (χ0n) is 15.3. The Morgan fingerprint density at radius 2 is 1.79 bits per heavy atom. The van der Waals surface area contributed by atoms with Crippen molar-refractivity contribution in [2.24, 2.45) is 0 Å². The van der Waals surface area contributed by atoms with E-state index in [-0.39, 0.29) is 19.6 Å². The molecular formula is C20H20ClNO5S. The summed E-state index contributed by atoms with van der Waals surface area (Å²) in [5, 5.41) is 3.29. The van der Waals surface area contributed by atoms with Gasteiger partial charge in [0, 0.05) is 17.2 Å². The predicted octanol–water partition coefficient (Wildman–Crippen LogP) is 3.47. The quantitative estimate of drug-likeness (QED) is 0.493. The minimum atomic E-state index is -0.447. The molecule has 0 atom stereocenters. The van der Waals surface area contributed by atoms with E-state index in [0.717, 1.165) is 10.5 Å². The maximum atomic E-state index is 11.8. The third-order valence-electron chi connectivity index (χ3n) is 3.63. The third-order valence-corrected chi connectivity index (χ3v) is 5.15. The highest BCUT2D eigenvalue weighted by Crippen LogP contribution is 2.26. The van der Waals surface area contributed by atoms with Gasteiger partial charge < -0.3 is 14.8 Å². The molecule has 0 aromatic heterocycles. The van der Waals surface area contributed by atoms with Gasteiger partial charge in [-0.05, 0) is 29.8 Å². The van der Waals surface area contributed by atoms with Crippen LogP contribution in [0.3, 0.4) is 0 Å². The lowest BCUT2D eigenvalue weighted by atomic mass is 10.1. The number of thioether (sulfide) groups is 1. The van der Waals surface area contributed by atoms with Crippen LogP contribution in [0.15, 0.2) is 53.4 Å². The number of carbonyl (C=O) groups excluding carboxylic acids is 3. The summed E-state index contributed by atoms with van der Waals surface area (Å²) < 4.78 is 9.59.